The highest BCUT2D eigenvalue weighted by Crippen LogP contribution is 2.26. The van der Waals surface area contributed by atoms with Crippen molar-refractivity contribution >= 4 is 11.7 Å². The minimum Gasteiger partial charge on any atom is -0.388 e. The number of rotatable bonds is 4. The molecule has 0 unspecified atom stereocenters. The number of amides is 2. The molecule has 2 aromatic rings. The second-order valence-corrected chi connectivity index (χ2v) is 6.66. The van der Waals surface area contributed by atoms with Crippen molar-refractivity contribution in [3.63, 3.8) is 0 Å². The number of nitrogens with zero attached hydrogens (tertiary/aromatic N) is 2. The van der Waals surface area contributed by atoms with E-state index in [2.05, 4.69) is 20.8 Å². The smallest absolute Gasteiger partial charge is 0.319 e. The standard InChI is InChI=1S/C18H24N4O3/c1-13-20-16(22-25-13)14-7-6-8-15(11-14)21-17(23)19-12-18(24)9-4-2-3-5-10-18/h6-8,11,24H,2-5,9-10,12H2,1H3,(H2,19,21,23). The Morgan fingerprint density at radius 3 is 2.72 bits per heavy atom. The van der Waals surface area contributed by atoms with Gasteiger partial charge in [0.25, 0.3) is 0 Å². The number of carbonyl (C=O) groups is 1. The van der Waals surface area contributed by atoms with Crippen molar-refractivity contribution in [2.45, 2.75) is 51.0 Å². The second-order valence-electron chi connectivity index (χ2n) is 6.66. The van der Waals surface area contributed by atoms with Crippen LogP contribution in [0.3, 0.4) is 0 Å². The zero-order chi connectivity index (χ0) is 17.7. The highest BCUT2D eigenvalue weighted by Gasteiger charge is 2.28. The zero-order valence-corrected chi connectivity index (χ0v) is 14.4. The molecule has 7 heteroatoms. The van der Waals surface area contributed by atoms with Gasteiger partial charge in [0, 0.05) is 24.7 Å². The summed E-state index contributed by atoms with van der Waals surface area (Å²) in [6.45, 7) is 1.99. The minimum atomic E-state index is -0.794. The summed E-state index contributed by atoms with van der Waals surface area (Å²) >= 11 is 0. The molecule has 0 aliphatic heterocycles. The summed E-state index contributed by atoms with van der Waals surface area (Å²) in [5.41, 5.74) is 0.597. The molecule has 134 valence electrons. The second kappa shape index (κ2) is 7.65. The van der Waals surface area contributed by atoms with Crippen LogP contribution in [0.15, 0.2) is 28.8 Å². The van der Waals surface area contributed by atoms with Gasteiger partial charge in [0.2, 0.25) is 11.7 Å². The van der Waals surface area contributed by atoms with Crippen LogP contribution in [0, 0.1) is 6.92 Å². The first kappa shape index (κ1) is 17.4. The lowest BCUT2D eigenvalue weighted by molar-refractivity contribution is 0.0281. The molecule has 0 atom stereocenters. The number of aryl methyl sites for hydroxylation is 1. The third kappa shape index (κ3) is 4.79. The molecular weight excluding hydrogens is 320 g/mol. The Labute approximate surface area is 146 Å². The molecule has 1 aromatic heterocycles. The van der Waals surface area contributed by atoms with Crippen LogP contribution in [0.25, 0.3) is 11.4 Å². The number of hydrogen-bond acceptors (Lipinski definition) is 5. The molecule has 7 nitrogen and oxygen atoms in total. The van der Waals surface area contributed by atoms with Gasteiger partial charge in [-0.25, -0.2) is 4.79 Å². The molecule has 1 aliphatic carbocycles. The molecule has 1 aromatic carbocycles. The monoisotopic (exact) mass is 344 g/mol. The average Bonchev–Trinajstić information content (AvgIpc) is 2.91. The van der Waals surface area contributed by atoms with Gasteiger partial charge in [0.05, 0.1) is 5.60 Å². The van der Waals surface area contributed by atoms with E-state index in [1.54, 1.807) is 19.1 Å². The van der Waals surface area contributed by atoms with Crippen molar-refractivity contribution in [1.82, 2.24) is 15.5 Å². The molecule has 0 spiro atoms. The lowest BCUT2D eigenvalue weighted by Crippen LogP contribution is -2.44. The molecular formula is C18H24N4O3. The highest BCUT2D eigenvalue weighted by atomic mass is 16.5. The Morgan fingerprint density at radius 2 is 2.04 bits per heavy atom. The number of benzene rings is 1. The van der Waals surface area contributed by atoms with E-state index in [0.29, 0.717) is 17.4 Å². The number of aliphatic hydroxyl groups is 1. The van der Waals surface area contributed by atoms with E-state index >= 15 is 0 Å². The van der Waals surface area contributed by atoms with Gasteiger partial charge in [-0.3, -0.25) is 0 Å². The van der Waals surface area contributed by atoms with E-state index in [9.17, 15) is 9.90 Å². The van der Waals surface area contributed by atoms with E-state index in [-0.39, 0.29) is 12.6 Å². The van der Waals surface area contributed by atoms with Gasteiger partial charge in [-0.1, -0.05) is 43.0 Å². The molecule has 1 fully saturated rings. The van der Waals surface area contributed by atoms with Gasteiger partial charge < -0.3 is 20.3 Å². The van der Waals surface area contributed by atoms with Crippen LogP contribution >= 0.6 is 0 Å². The fourth-order valence-corrected chi connectivity index (χ4v) is 3.14. The average molecular weight is 344 g/mol. The zero-order valence-electron chi connectivity index (χ0n) is 14.4. The van der Waals surface area contributed by atoms with Crippen molar-refractivity contribution < 1.29 is 14.4 Å². The van der Waals surface area contributed by atoms with Crippen LogP contribution in [-0.4, -0.2) is 33.4 Å². The molecule has 1 heterocycles. The number of nitrogens with one attached hydrogen (secondary N) is 2. The normalized spacial score (nSPS) is 16.9. The van der Waals surface area contributed by atoms with Gasteiger partial charge in [-0.15, -0.1) is 0 Å². The molecule has 0 radical (unpaired) electrons. The maximum atomic E-state index is 12.2. The fourth-order valence-electron chi connectivity index (χ4n) is 3.14. The van der Waals surface area contributed by atoms with Crippen molar-refractivity contribution in [1.29, 1.82) is 0 Å². The van der Waals surface area contributed by atoms with E-state index in [0.717, 1.165) is 44.1 Å². The van der Waals surface area contributed by atoms with Crippen molar-refractivity contribution in [2.24, 2.45) is 0 Å². The molecule has 3 N–H and O–H groups in total. The van der Waals surface area contributed by atoms with Gasteiger partial charge in [0.1, 0.15) is 0 Å². The molecule has 0 saturated heterocycles. The SMILES string of the molecule is Cc1nc(-c2cccc(NC(=O)NCC3(O)CCCCCC3)c2)no1. The first-order chi connectivity index (χ1) is 12.0. The summed E-state index contributed by atoms with van der Waals surface area (Å²) in [7, 11) is 0. The van der Waals surface area contributed by atoms with Gasteiger partial charge in [-0.05, 0) is 25.0 Å². The first-order valence-corrected chi connectivity index (χ1v) is 8.72. The maximum absolute atomic E-state index is 12.2. The third-order valence-electron chi connectivity index (χ3n) is 4.52. The summed E-state index contributed by atoms with van der Waals surface area (Å²) in [6.07, 6.45) is 5.78. The summed E-state index contributed by atoms with van der Waals surface area (Å²) in [4.78, 5) is 16.3. The maximum Gasteiger partial charge on any atom is 0.319 e. The van der Waals surface area contributed by atoms with Crippen LogP contribution in [0.5, 0.6) is 0 Å². The Kier molecular flexibility index (Phi) is 5.33. The predicted octanol–water partition coefficient (Wildman–Crippen LogP) is 3.25. The lowest BCUT2D eigenvalue weighted by Gasteiger charge is -2.26. The molecule has 1 aliphatic rings. The van der Waals surface area contributed by atoms with Crippen LogP contribution in [0.1, 0.15) is 44.4 Å². The van der Waals surface area contributed by atoms with Crippen LogP contribution in [0.4, 0.5) is 10.5 Å². The van der Waals surface area contributed by atoms with Crippen LogP contribution < -0.4 is 10.6 Å². The fraction of sp³-hybridized carbons (Fsp3) is 0.500. The number of urea groups is 1. The van der Waals surface area contributed by atoms with Crippen molar-refractivity contribution in [2.75, 3.05) is 11.9 Å². The summed E-state index contributed by atoms with van der Waals surface area (Å²) < 4.78 is 4.98. The minimum absolute atomic E-state index is 0.266. The molecule has 2 amide bonds. The first-order valence-electron chi connectivity index (χ1n) is 8.72. The summed E-state index contributed by atoms with van der Waals surface area (Å²) in [5, 5.41) is 20.0. The third-order valence-corrected chi connectivity index (χ3v) is 4.52. The Bertz CT molecular complexity index is 721. The summed E-state index contributed by atoms with van der Waals surface area (Å²) in [5.74, 6) is 0.970. The van der Waals surface area contributed by atoms with Crippen molar-refractivity contribution in [3.8, 4) is 11.4 Å². The van der Waals surface area contributed by atoms with Crippen LogP contribution in [-0.2, 0) is 0 Å². The van der Waals surface area contributed by atoms with Gasteiger partial charge >= 0.3 is 6.03 Å². The number of carbonyl (C=O) groups excluding carboxylic acids is 1. The topological polar surface area (TPSA) is 100 Å². The molecule has 1 saturated carbocycles. The van der Waals surface area contributed by atoms with Gasteiger partial charge in [-0.2, -0.15) is 4.98 Å². The molecule has 3 rings (SSSR count). The van der Waals surface area contributed by atoms with E-state index < -0.39 is 5.60 Å². The van der Waals surface area contributed by atoms with Gasteiger partial charge in [0.15, 0.2) is 0 Å². The number of aromatic nitrogens is 2. The number of hydrogen-bond donors (Lipinski definition) is 3. The largest absolute Gasteiger partial charge is 0.388 e. The Morgan fingerprint density at radius 1 is 1.28 bits per heavy atom. The molecule has 25 heavy (non-hydrogen) atoms. The highest BCUT2D eigenvalue weighted by molar-refractivity contribution is 5.89. The van der Waals surface area contributed by atoms with Crippen molar-refractivity contribution in [3.05, 3.63) is 30.2 Å². The van der Waals surface area contributed by atoms with E-state index in [1.165, 1.54) is 0 Å². The predicted molar refractivity (Wildman–Crippen MR) is 94.1 cm³/mol. The Balaban J connectivity index is 1.57. The summed E-state index contributed by atoms with van der Waals surface area (Å²) in [6, 6.07) is 6.90. The lowest BCUT2D eigenvalue weighted by atomic mass is 9.95. The van der Waals surface area contributed by atoms with E-state index in [1.807, 2.05) is 12.1 Å². The Hall–Kier alpha value is -2.41. The van der Waals surface area contributed by atoms with Crippen LogP contribution in [0.2, 0.25) is 0 Å². The van der Waals surface area contributed by atoms with E-state index in [4.69, 9.17) is 4.52 Å². The quantitative estimate of drug-likeness (QED) is 0.739. The number of anilines is 1. The molecule has 0 bridgehead atoms.